The molecule has 1 atom stereocenters. The van der Waals surface area contributed by atoms with E-state index in [-0.39, 0.29) is 5.69 Å². The number of nitro groups is 1. The standard InChI is InChI=1S/C12H15N2O3S/c1-9(2)7-10(8-15)13-18-12-6-4-3-5-11(12)14(16)17/h3-6,9-10,13H,7H2,1-2H3/t10-/m0/s1. The molecular formula is C12H15N2O3S. The van der Waals surface area contributed by atoms with E-state index in [4.69, 9.17) is 0 Å². The summed E-state index contributed by atoms with van der Waals surface area (Å²) in [5.74, 6) is 0.357. The van der Waals surface area contributed by atoms with Crippen molar-refractivity contribution in [1.82, 2.24) is 4.72 Å². The molecule has 18 heavy (non-hydrogen) atoms. The van der Waals surface area contributed by atoms with Crippen LogP contribution in [0, 0.1) is 16.0 Å². The van der Waals surface area contributed by atoms with Crippen molar-refractivity contribution in [2.75, 3.05) is 0 Å². The minimum absolute atomic E-state index is 0.0317. The zero-order valence-corrected chi connectivity index (χ0v) is 11.1. The maximum absolute atomic E-state index is 10.8. The highest BCUT2D eigenvalue weighted by atomic mass is 32.2. The highest BCUT2D eigenvalue weighted by Crippen LogP contribution is 2.27. The Bertz CT molecular complexity index is 424. The van der Waals surface area contributed by atoms with Crippen LogP contribution in [-0.4, -0.2) is 17.3 Å². The Labute approximate surface area is 110 Å². The number of para-hydroxylation sites is 1. The molecule has 1 rings (SSSR count). The minimum Gasteiger partial charge on any atom is -0.289 e. The van der Waals surface area contributed by atoms with Crippen molar-refractivity contribution in [2.45, 2.75) is 31.2 Å². The normalized spacial score (nSPS) is 12.4. The molecule has 0 spiro atoms. The second-order valence-electron chi connectivity index (χ2n) is 4.24. The van der Waals surface area contributed by atoms with Crippen LogP contribution in [0.25, 0.3) is 0 Å². The first-order valence-corrected chi connectivity index (χ1v) is 6.39. The topological polar surface area (TPSA) is 72.2 Å². The van der Waals surface area contributed by atoms with Crippen molar-refractivity contribution in [3.8, 4) is 0 Å². The number of nitro benzene ring substituents is 1. The number of nitrogens with zero attached hydrogens (tertiary/aromatic N) is 1. The molecule has 0 unspecified atom stereocenters. The third-order valence-corrected chi connectivity index (χ3v) is 3.19. The van der Waals surface area contributed by atoms with Crippen LogP contribution in [0.1, 0.15) is 20.3 Å². The molecule has 0 bridgehead atoms. The van der Waals surface area contributed by atoms with E-state index in [9.17, 15) is 14.9 Å². The SMILES string of the molecule is CC(C)C[C@@H]([C]=O)NSc1ccccc1[N+](=O)[O-]. The molecule has 1 radical (unpaired) electrons. The van der Waals surface area contributed by atoms with Gasteiger partial charge < -0.3 is 0 Å². The van der Waals surface area contributed by atoms with Crippen molar-refractivity contribution >= 4 is 23.9 Å². The highest BCUT2D eigenvalue weighted by Gasteiger charge is 2.16. The largest absolute Gasteiger partial charge is 0.289 e. The first kappa shape index (κ1) is 14.7. The molecule has 6 heteroatoms. The van der Waals surface area contributed by atoms with Crippen LogP contribution >= 0.6 is 11.9 Å². The van der Waals surface area contributed by atoms with E-state index in [0.717, 1.165) is 11.9 Å². The van der Waals surface area contributed by atoms with E-state index in [1.807, 2.05) is 20.1 Å². The smallest absolute Gasteiger partial charge is 0.284 e. The lowest BCUT2D eigenvalue weighted by Crippen LogP contribution is -2.26. The highest BCUT2D eigenvalue weighted by molar-refractivity contribution is 7.97. The first-order chi connectivity index (χ1) is 8.54. The van der Waals surface area contributed by atoms with Gasteiger partial charge in [0.2, 0.25) is 6.29 Å². The Morgan fingerprint density at radius 2 is 2.11 bits per heavy atom. The van der Waals surface area contributed by atoms with Gasteiger partial charge in [0, 0.05) is 6.07 Å². The van der Waals surface area contributed by atoms with Gasteiger partial charge in [-0.05, 0) is 30.4 Å². The van der Waals surface area contributed by atoms with Crippen LogP contribution in [0.4, 0.5) is 5.69 Å². The molecule has 97 valence electrons. The first-order valence-electron chi connectivity index (χ1n) is 5.58. The van der Waals surface area contributed by atoms with Gasteiger partial charge >= 0.3 is 0 Å². The molecule has 0 fully saturated rings. The number of benzene rings is 1. The molecular weight excluding hydrogens is 252 g/mol. The van der Waals surface area contributed by atoms with Gasteiger partial charge in [-0.15, -0.1) is 0 Å². The van der Waals surface area contributed by atoms with Gasteiger partial charge in [0.1, 0.15) is 4.90 Å². The molecule has 0 aromatic heterocycles. The maximum Gasteiger partial charge on any atom is 0.284 e. The number of rotatable bonds is 7. The minimum atomic E-state index is -0.438. The van der Waals surface area contributed by atoms with Crippen molar-refractivity contribution in [3.05, 3.63) is 34.4 Å². The van der Waals surface area contributed by atoms with Gasteiger partial charge in [0.05, 0.1) is 11.0 Å². The summed E-state index contributed by atoms with van der Waals surface area (Å²) in [6.45, 7) is 4.00. The molecule has 1 aromatic rings. The van der Waals surface area contributed by atoms with E-state index in [2.05, 4.69) is 4.72 Å². The van der Waals surface area contributed by atoms with Crippen LogP contribution in [0.15, 0.2) is 29.2 Å². The maximum atomic E-state index is 10.8. The Hall–Kier alpha value is -1.40. The second-order valence-corrected chi connectivity index (χ2v) is 5.12. The fourth-order valence-electron chi connectivity index (χ4n) is 1.42. The van der Waals surface area contributed by atoms with Crippen molar-refractivity contribution in [3.63, 3.8) is 0 Å². The Kier molecular flexibility index (Phi) is 5.80. The monoisotopic (exact) mass is 267 g/mol. The average molecular weight is 267 g/mol. The summed E-state index contributed by atoms with van der Waals surface area (Å²) in [7, 11) is 0. The summed E-state index contributed by atoms with van der Waals surface area (Å²) in [5, 5.41) is 10.8. The predicted octanol–water partition coefficient (Wildman–Crippen LogP) is 2.72. The molecule has 0 aliphatic carbocycles. The number of carbonyl (C=O) groups excluding carboxylic acids is 1. The lowest BCUT2D eigenvalue weighted by atomic mass is 10.1. The van der Waals surface area contributed by atoms with E-state index in [1.165, 1.54) is 6.07 Å². The Balaban J connectivity index is 2.67. The zero-order valence-electron chi connectivity index (χ0n) is 10.3. The van der Waals surface area contributed by atoms with Gasteiger partial charge in [-0.25, -0.2) is 4.72 Å². The van der Waals surface area contributed by atoms with E-state index in [1.54, 1.807) is 18.2 Å². The molecule has 0 saturated carbocycles. The fraction of sp³-hybridized carbons (Fsp3) is 0.417. The molecule has 5 nitrogen and oxygen atoms in total. The van der Waals surface area contributed by atoms with Gasteiger partial charge in [-0.2, -0.15) is 0 Å². The molecule has 0 amide bonds. The summed E-state index contributed by atoms with van der Waals surface area (Å²) in [4.78, 5) is 21.6. The molecule has 1 N–H and O–H groups in total. The summed E-state index contributed by atoms with van der Waals surface area (Å²) < 4.78 is 2.90. The van der Waals surface area contributed by atoms with Crippen molar-refractivity contribution < 1.29 is 9.72 Å². The Morgan fingerprint density at radius 3 is 2.67 bits per heavy atom. The number of hydrogen-bond donors (Lipinski definition) is 1. The van der Waals surface area contributed by atoms with E-state index < -0.39 is 11.0 Å². The van der Waals surface area contributed by atoms with Gasteiger partial charge in [-0.3, -0.25) is 14.9 Å². The van der Waals surface area contributed by atoms with E-state index >= 15 is 0 Å². The second kappa shape index (κ2) is 7.13. The fourth-order valence-corrected chi connectivity index (χ4v) is 2.23. The average Bonchev–Trinajstić information content (AvgIpc) is 2.34. The number of hydrogen-bond acceptors (Lipinski definition) is 5. The lowest BCUT2D eigenvalue weighted by Gasteiger charge is -2.13. The zero-order chi connectivity index (χ0) is 13.5. The van der Waals surface area contributed by atoms with Crippen LogP contribution in [0.5, 0.6) is 0 Å². The van der Waals surface area contributed by atoms with Crippen LogP contribution < -0.4 is 4.72 Å². The van der Waals surface area contributed by atoms with Gasteiger partial charge in [-0.1, -0.05) is 26.0 Å². The van der Waals surface area contributed by atoms with Crippen molar-refractivity contribution in [2.24, 2.45) is 5.92 Å². The van der Waals surface area contributed by atoms with Gasteiger partial charge in [0.25, 0.3) is 5.69 Å². The molecule has 0 aliphatic heterocycles. The molecule has 0 heterocycles. The third kappa shape index (κ3) is 4.46. The predicted molar refractivity (Wildman–Crippen MR) is 71.0 cm³/mol. The van der Waals surface area contributed by atoms with E-state index in [0.29, 0.717) is 17.2 Å². The quantitative estimate of drug-likeness (QED) is 0.467. The molecule has 0 saturated heterocycles. The van der Waals surface area contributed by atoms with Crippen LogP contribution in [0.3, 0.4) is 0 Å². The molecule has 1 aromatic carbocycles. The van der Waals surface area contributed by atoms with Crippen LogP contribution in [-0.2, 0) is 4.79 Å². The Morgan fingerprint density at radius 1 is 1.44 bits per heavy atom. The third-order valence-electron chi connectivity index (χ3n) is 2.22. The van der Waals surface area contributed by atoms with Crippen LogP contribution in [0.2, 0.25) is 0 Å². The summed E-state index contributed by atoms with van der Waals surface area (Å²) in [6, 6.07) is 5.99. The summed E-state index contributed by atoms with van der Waals surface area (Å²) >= 11 is 1.10. The summed E-state index contributed by atoms with van der Waals surface area (Å²) in [6.07, 6.45) is 2.55. The van der Waals surface area contributed by atoms with Crippen molar-refractivity contribution in [1.29, 1.82) is 0 Å². The molecule has 0 aliphatic rings. The number of nitrogens with one attached hydrogen (secondary N) is 1. The lowest BCUT2D eigenvalue weighted by molar-refractivity contribution is -0.387. The summed E-state index contributed by atoms with van der Waals surface area (Å²) in [5.41, 5.74) is 0.0317. The van der Waals surface area contributed by atoms with Gasteiger partial charge in [0.15, 0.2) is 0 Å².